The van der Waals surface area contributed by atoms with E-state index in [-0.39, 0.29) is 5.91 Å². The summed E-state index contributed by atoms with van der Waals surface area (Å²) in [5.74, 6) is 0.146. The van der Waals surface area contributed by atoms with Gasteiger partial charge in [-0.1, -0.05) is 32.6 Å². The van der Waals surface area contributed by atoms with Crippen molar-refractivity contribution in [3.05, 3.63) is 0 Å². The molecule has 0 aromatic carbocycles. The highest BCUT2D eigenvalue weighted by Crippen LogP contribution is 2.06. The van der Waals surface area contributed by atoms with Gasteiger partial charge in [-0.05, 0) is 13.3 Å². The van der Waals surface area contributed by atoms with Gasteiger partial charge in [-0.15, -0.1) is 0 Å². The van der Waals surface area contributed by atoms with Crippen LogP contribution in [0.15, 0.2) is 0 Å². The van der Waals surface area contributed by atoms with Crippen molar-refractivity contribution in [3.63, 3.8) is 0 Å². The fourth-order valence-electron chi connectivity index (χ4n) is 1.57. The van der Waals surface area contributed by atoms with Gasteiger partial charge in [-0.3, -0.25) is 4.79 Å². The van der Waals surface area contributed by atoms with E-state index >= 15 is 0 Å². The van der Waals surface area contributed by atoms with Gasteiger partial charge in [0.25, 0.3) is 0 Å². The second-order valence-electron chi connectivity index (χ2n) is 4.29. The molecule has 0 heterocycles. The number of hydrogen-bond acceptors (Lipinski definition) is 2. The number of carbonyl (C=O) groups excluding carboxylic acids is 1. The molecular formula is C12H25NO2. The molecule has 3 heteroatoms. The highest BCUT2D eigenvalue weighted by Gasteiger charge is 2.09. The second-order valence-corrected chi connectivity index (χ2v) is 4.29. The summed E-state index contributed by atoms with van der Waals surface area (Å²) >= 11 is 0. The van der Waals surface area contributed by atoms with Crippen molar-refractivity contribution in [2.75, 3.05) is 13.6 Å². The molecule has 0 saturated carbocycles. The Kier molecular flexibility index (Phi) is 8.38. The summed E-state index contributed by atoms with van der Waals surface area (Å²) in [6.45, 7) is 4.32. The number of rotatable bonds is 8. The standard InChI is InChI=1S/C12H25NO2/c1-4-5-6-7-8-9-12(15)13(3)10-11(2)14/h11,14H,4-10H2,1-3H3. The number of nitrogens with zero attached hydrogens (tertiary/aromatic N) is 1. The van der Waals surface area contributed by atoms with Crippen LogP contribution >= 0.6 is 0 Å². The summed E-state index contributed by atoms with van der Waals surface area (Å²) in [5.41, 5.74) is 0. The third-order valence-corrected chi connectivity index (χ3v) is 2.46. The van der Waals surface area contributed by atoms with E-state index in [4.69, 9.17) is 5.11 Å². The second kappa shape index (κ2) is 8.72. The number of carbonyl (C=O) groups is 1. The van der Waals surface area contributed by atoms with E-state index < -0.39 is 6.10 Å². The Hall–Kier alpha value is -0.570. The maximum absolute atomic E-state index is 11.5. The van der Waals surface area contributed by atoms with Crippen LogP contribution in [0.5, 0.6) is 0 Å². The Labute approximate surface area is 93.5 Å². The maximum atomic E-state index is 11.5. The van der Waals surface area contributed by atoms with Crippen LogP contribution in [-0.4, -0.2) is 35.6 Å². The van der Waals surface area contributed by atoms with Crippen molar-refractivity contribution >= 4 is 5.91 Å². The molecule has 1 N–H and O–H groups in total. The van der Waals surface area contributed by atoms with E-state index in [0.29, 0.717) is 13.0 Å². The van der Waals surface area contributed by atoms with E-state index in [1.165, 1.54) is 19.3 Å². The Balaban J connectivity index is 3.47. The van der Waals surface area contributed by atoms with Gasteiger partial charge in [0.15, 0.2) is 0 Å². The maximum Gasteiger partial charge on any atom is 0.222 e. The Morgan fingerprint density at radius 1 is 1.27 bits per heavy atom. The van der Waals surface area contributed by atoms with E-state index in [0.717, 1.165) is 12.8 Å². The normalized spacial score (nSPS) is 12.5. The Morgan fingerprint density at radius 3 is 2.40 bits per heavy atom. The largest absolute Gasteiger partial charge is 0.392 e. The monoisotopic (exact) mass is 215 g/mol. The fraction of sp³-hybridized carbons (Fsp3) is 0.917. The molecule has 90 valence electrons. The van der Waals surface area contributed by atoms with Crippen molar-refractivity contribution in [1.82, 2.24) is 4.90 Å². The van der Waals surface area contributed by atoms with E-state index in [9.17, 15) is 4.79 Å². The first-order chi connectivity index (χ1) is 7.07. The van der Waals surface area contributed by atoms with Gasteiger partial charge in [0.05, 0.1) is 6.10 Å². The number of aliphatic hydroxyl groups excluding tert-OH is 1. The minimum Gasteiger partial charge on any atom is -0.392 e. The van der Waals surface area contributed by atoms with Crippen molar-refractivity contribution in [2.45, 2.75) is 58.5 Å². The zero-order valence-corrected chi connectivity index (χ0v) is 10.3. The first-order valence-electron chi connectivity index (χ1n) is 6.00. The van der Waals surface area contributed by atoms with Crippen molar-refractivity contribution in [1.29, 1.82) is 0 Å². The van der Waals surface area contributed by atoms with E-state index in [1.54, 1.807) is 18.9 Å². The van der Waals surface area contributed by atoms with Crippen LogP contribution in [0, 0.1) is 0 Å². The third-order valence-electron chi connectivity index (χ3n) is 2.46. The van der Waals surface area contributed by atoms with Gasteiger partial charge < -0.3 is 10.0 Å². The molecule has 0 aromatic rings. The first-order valence-corrected chi connectivity index (χ1v) is 6.00. The molecule has 1 amide bonds. The van der Waals surface area contributed by atoms with Crippen LogP contribution in [0.3, 0.4) is 0 Å². The molecule has 0 aliphatic heterocycles. The van der Waals surface area contributed by atoms with Crippen LogP contribution in [0.2, 0.25) is 0 Å². The van der Waals surface area contributed by atoms with Gasteiger partial charge >= 0.3 is 0 Å². The lowest BCUT2D eigenvalue weighted by molar-refractivity contribution is -0.131. The van der Waals surface area contributed by atoms with Crippen LogP contribution in [0.25, 0.3) is 0 Å². The van der Waals surface area contributed by atoms with E-state index in [1.807, 2.05) is 0 Å². The van der Waals surface area contributed by atoms with Crippen LogP contribution in [-0.2, 0) is 4.79 Å². The van der Waals surface area contributed by atoms with Gasteiger partial charge in [-0.2, -0.15) is 0 Å². The Morgan fingerprint density at radius 2 is 1.87 bits per heavy atom. The molecule has 0 spiro atoms. The zero-order valence-electron chi connectivity index (χ0n) is 10.3. The molecule has 0 radical (unpaired) electrons. The minimum absolute atomic E-state index is 0.146. The first kappa shape index (κ1) is 14.4. The number of likely N-dealkylation sites (N-methyl/N-ethyl adjacent to an activating group) is 1. The summed E-state index contributed by atoms with van der Waals surface area (Å²) in [7, 11) is 1.75. The molecule has 0 aromatic heterocycles. The number of amides is 1. The molecular weight excluding hydrogens is 190 g/mol. The average molecular weight is 215 g/mol. The summed E-state index contributed by atoms with van der Waals surface area (Å²) in [4.78, 5) is 13.1. The molecule has 15 heavy (non-hydrogen) atoms. The van der Waals surface area contributed by atoms with Crippen molar-refractivity contribution in [2.24, 2.45) is 0 Å². The molecule has 0 rings (SSSR count). The van der Waals surface area contributed by atoms with Gasteiger partial charge in [0.1, 0.15) is 0 Å². The molecule has 1 unspecified atom stereocenters. The predicted molar refractivity (Wildman–Crippen MR) is 62.7 cm³/mol. The number of aliphatic hydroxyl groups is 1. The van der Waals surface area contributed by atoms with E-state index in [2.05, 4.69) is 6.92 Å². The highest BCUT2D eigenvalue weighted by molar-refractivity contribution is 5.75. The molecule has 0 fully saturated rings. The van der Waals surface area contributed by atoms with Crippen molar-refractivity contribution in [3.8, 4) is 0 Å². The van der Waals surface area contributed by atoms with Gasteiger partial charge in [-0.25, -0.2) is 0 Å². The molecule has 0 saturated heterocycles. The SMILES string of the molecule is CCCCCCCC(=O)N(C)CC(C)O. The minimum atomic E-state index is -0.431. The summed E-state index contributed by atoms with van der Waals surface area (Å²) in [6, 6.07) is 0. The molecule has 0 bridgehead atoms. The van der Waals surface area contributed by atoms with Crippen LogP contribution in [0.1, 0.15) is 52.4 Å². The smallest absolute Gasteiger partial charge is 0.222 e. The topological polar surface area (TPSA) is 40.5 Å². The zero-order chi connectivity index (χ0) is 11.7. The van der Waals surface area contributed by atoms with Crippen molar-refractivity contribution < 1.29 is 9.90 Å². The fourth-order valence-corrected chi connectivity index (χ4v) is 1.57. The average Bonchev–Trinajstić information content (AvgIpc) is 2.16. The number of hydrogen-bond donors (Lipinski definition) is 1. The lowest BCUT2D eigenvalue weighted by Gasteiger charge is -2.18. The lowest BCUT2D eigenvalue weighted by Crippen LogP contribution is -2.32. The molecule has 3 nitrogen and oxygen atoms in total. The third kappa shape index (κ3) is 8.43. The molecule has 0 aliphatic rings. The summed E-state index contributed by atoms with van der Waals surface area (Å²) in [5, 5.41) is 9.12. The predicted octanol–water partition coefficient (Wildman–Crippen LogP) is 2.19. The summed E-state index contributed by atoms with van der Waals surface area (Å²) < 4.78 is 0. The number of unbranched alkanes of at least 4 members (excludes halogenated alkanes) is 4. The lowest BCUT2D eigenvalue weighted by atomic mass is 10.1. The highest BCUT2D eigenvalue weighted by atomic mass is 16.3. The molecule has 1 atom stereocenters. The van der Waals surface area contributed by atoms with Gasteiger partial charge in [0.2, 0.25) is 5.91 Å². The quantitative estimate of drug-likeness (QED) is 0.630. The summed E-state index contributed by atoms with van der Waals surface area (Å²) in [6.07, 6.45) is 6.02. The Bertz CT molecular complexity index is 169. The van der Waals surface area contributed by atoms with Crippen LogP contribution < -0.4 is 0 Å². The van der Waals surface area contributed by atoms with Crippen LogP contribution in [0.4, 0.5) is 0 Å². The van der Waals surface area contributed by atoms with Gasteiger partial charge in [0, 0.05) is 20.0 Å². The molecule has 0 aliphatic carbocycles.